The Labute approximate surface area is 80.6 Å². The highest BCUT2D eigenvalue weighted by Crippen LogP contribution is 2.28. The molecule has 0 amide bonds. The van der Waals surface area contributed by atoms with Gasteiger partial charge in [0.2, 0.25) is 0 Å². The van der Waals surface area contributed by atoms with E-state index in [1.165, 1.54) is 0 Å². The molecule has 2 rings (SSSR count). The van der Waals surface area contributed by atoms with Crippen LogP contribution in [0.3, 0.4) is 0 Å². The summed E-state index contributed by atoms with van der Waals surface area (Å²) in [5.41, 5.74) is 0. The summed E-state index contributed by atoms with van der Waals surface area (Å²) in [5.74, 6) is 3.52. The quantitative estimate of drug-likeness (QED) is 0.638. The van der Waals surface area contributed by atoms with Gasteiger partial charge in [-0.05, 0) is 18.0 Å². The second kappa shape index (κ2) is 5.04. The maximum Gasteiger partial charge on any atom is 0.161 e. The van der Waals surface area contributed by atoms with Crippen LogP contribution in [0.2, 0.25) is 0 Å². The fourth-order valence-corrected chi connectivity index (χ4v) is 0.992. The number of benzene rings is 1. The zero-order valence-corrected chi connectivity index (χ0v) is 8.50. The average Bonchev–Trinajstić information content (AvgIpc) is 2.21. The van der Waals surface area contributed by atoms with Gasteiger partial charge in [-0.1, -0.05) is 28.1 Å². The molecule has 0 aromatic heterocycles. The Bertz CT molecular complexity index is 213. The van der Waals surface area contributed by atoms with Crippen molar-refractivity contribution in [1.82, 2.24) is 0 Å². The maximum atomic E-state index is 5.30. The van der Waals surface area contributed by atoms with E-state index in [4.69, 9.17) is 9.47 Å². The highest BCUT2D eigenvalue weighted by molar-refractivity contribution is 9.08. The van der Waals surface area contributed by atoms with Gasteiger partial charge >= 0.3 is 0 Å². The Balaban J connectivity index is 0.000000336. The van der Waals surface area contributed by atoms with Crippen LogP contribution in [-0.2, 0) is 0 Å². The number of halogens is 1. The molecule has 0 fully saturated rings. The minimum absolute atomic E-state index is 0.664. The molecule has 1 aromatic rings. The third-order valence-corrected chi connectivity index (χ3v) is 1.45. The molecule has 1 heterocycles. The van der Waals surface area contributed by atoms with Crippen molar-refractivity contribution < 1.29 is 9.47 Å². The van der Waals surface area contributed by atoms with Crippen molar-refractivity contribution in [2.75, 3.05) is 19.0 Å². The van der Waals surface area contributed by atoms with Crippen molar-refractivity contribution in [3.8, 4) is 11.5 Å². The smallest absolute Gasteiger partial charge is 0.161 e. The van der Waals surface area contributed by atoms with Crippen molar-refractivity contribution in [3.63, 3.8) is 0 Å². The molecular formula is C9H11BrO2. The molecule has 1 aromatic carbocycles. The van der Waals surface area contributed by atoms with Crippen LogP contribution < -0.4 is 9.47 Å². The molecule has 66 valence electrons. The van der Waals surface area contributed by atoms with E-state index in [-0.39, 0.29) is 0 Å². The zero-order valence-electron chi connectivity index (χ0n) is 6.92. The first kappa shape index (κ1) is 9.39. The molecule has 0 saturated carbocycles. The predicted octanol–water partition coefficient (Wildman–Crippen LogP) is 2.47. The third-order valence-electron chi connectivity index (χ3n) is 1.45. The van der Waals surface area contributed by atoms with Gasteiger partial charge in [0, 0.05) is 0 Å². The molecule has 12 heavy (non-hydrogen) atoms. The van der Waals surface area contributed by atoms with Gasteiger partial charge in [0.05, 0.1) is 0 Å². The first-order valence-corrected chi connectivity index (χ1v) is 5.28. The van der Waals surface area contributed by atoms with Gasteiger partial charge in [-0.15, -0.1) is 0 Å². The summed E-state index contributed by atoms with van der Waals surface area (Å²) in [7, 11) is 0. The van der Waals surface area contributed by atoms with Gasteiger partial charge in [0.1, 0.15) is 13.2 Å². The summed E-state index contributed by atoms with van der Waals surface area (Å²) < 4.78 is 10.6. The Hall–Kier alpha value is -0.700. The summed E-state index contributed by atoms with van der Waals surface area (Å²) in [5, 5.41) is 0. The third kappa shape index (κ3) is 2.14. The van der Waals surface area contributed by atoms with E-state index in [1.54, 1.807) is 0 Å². The van der Waals surface area contributed by atoms with E-state index in [9.17, 15) is 0 Å². The van der Waals surface area contributed by atoms with Crippen molar-refractivity contribution >= 4 is 15.9 Å². The zero-order chi connectivity index (χ0) is 8.81. The molecule has 0 N–H and O–H groups in total. The van der Waals surface area contributed by atoms with Gasteiger partial charge in [-0.2, -0.15) is 0 Å². The molecule has 0 atom stereocenters. The van der Waals surface area contributed by atoms with Gasteiger partial charge in [0.25, 0.3) is 0 Å². The largest absolute Gasteiger partial charge is 0.486 e. The van der Waals surface area contributed by atoms with E-state index >= 15 is 0 Å². The van der Waals surface area contributed by atoms with Crippen molar-refractivity contribution in [3.05, 3.63) is 24.3 Å². The van der Waals surface area contributed by atoms with Crippen LogP contribution in [-0.4, -0.2) is 19.0 Å². The fraction of sp³-hybridized carbons (Fsp3) is 0.333. The molecule has 0 bridgehead atoms. The van der Waals surface area contributed by atoms with Crippen LogP contribution in [0.4, 0.5) is 0 Å². The second-order valence-corrected chi connectivity index (χ2v) is 2.14. The highest BCUT2D eigenvalue weighted by atomic mass is 79.9. The summed E-state index contributed by atoms with van der Waals surface area (Å²) in [6, 6.07) is 7.70. The molecule has 1 aliphatic rings. The van der Waals surface area contributed by atoms with Gasteiger partial charge in [-0.3, -0.25) is 0 Å². The van der Waals surface area contributed by atoms with Crippen LogP contribution in [0.25, 0.3) is 0 Å². The second-order valence-electron chi connectivity index (χ2n) is 2.14. The normalized spacial score (nSPS) is 12.8. The van der Waals surface area contributed by atoms with Crippen molar-refractivity contribution in [1.29, 1.82) is 0 Å². The lowest BCUT2D eigenvalue weighted by molar-refractivity contribution is 0.171. The highest BCUT2D eigenvalue weighted by Gasteiger charge is 2.07. The lowest BCUT2D eigenvalue weighted by atomic mass is 10.3. The maximum absolute atomic E-state index is 5.30. The molecule has 2 nitrogen and oxygen atoms in total. The number of rotatable bonds is 0. The molecule has 0 unspecified atom stereocenters. The standard InChI is InChI=1S/C8H8O2.CH3Br/c1-2-4-8-7(3-1)9-5-6-10-8;1-2/h1-4H,5-6H2;1H3. The van der Waals surface area contributed by atoms with E-state index < -0.39 is 0 Å². The van der Waals surface area contributed by atoms with Gasteiger partial charge < -0.3 is 9.47 Å². The summed E-state index contributed by atoms with van der Waals surface area (Å²) in [6.45, 7) is 1.33. The Morgan fingerprint density at radius 2 is 1.42 bits per heavy atom. The van der Waals surface area contributed by atoms with Crippen LogP contribution in [0.15, 0.2) is 24.3 Å². The van der Waals surface area contributed by atoms with E-state index in [1.807, 2.05) is 30.1 Å². The first-order chi connectivity index (χ1) is 5.97. The minimum Gasteiger partial charge on any atom is -0.486 e. The molecule has 3 heteroatoms. The SMILES string of the molecule is CBr.c1ccc2c(c1)OCCO2. The van der Waals surface area contributed by atoms with E-state index in [2.05, 4.69) is 15.9 Å². The van der Waals surface area contributed by atoms with Crippen LogP contribution >= 0.6 is 15.9 Å². The average molecular weight is 231 g/mol. The van der Waals surface area contributed by atoms with Gasteiger partial charge in [-0.25, -0.2) is 0 Å². The molecule has 1 aliphatic heterocycles. The number of hydrogen-bond acceptors (Lipinski definition) is 2. The summed E-state index contributed by atoms with van der Waals surface area (Å²) in [4.78, 5) is 0. The predicted molar refractivity (Wildman–Crippen MR) is 52.3 cm³/mol. The fourth-order valence-electron chi connectivity index (χ4n) is 0.992. The Morgan fingerprint density at radius 1 is 1.00 bits per heavy atom. The van der Waals surface area contributed by atoms with Crippen molar-refractivity contribution in [2.45, 2.75) is 0 Å². The molecule has 0 aliphatic carbocycles. The number of ether oxygens (including phenoxy) is 2. The topological polar surface area (TPSA) is 18.5 Å². The van der Waals surface area contributed by atoms with Crippen LogP contribution in [0, 0.1) is 0 Å². The number of hydrogen-bond donors (Lipinski definition) is 0. The first-order valence-electron chi connectivity index (χ1n) is 3.69. The van der Waals surface area contributed by atoms with E-state index in [0.29, 0.717) is 13.2 Å². The number of para-hydroxylation sites is 2. The Kier molecular flexibility index (Phi) is 3.94. The summed E-state index contributed by atoms with van der Waals surface area (Å²) >= 11 is 2.94. The molecule has 0 radical (unpaired) electrons. The van der Waals surface area contributed by atoms with E-state index in [0.717, 1.165) is 11.5 Å². The lowest BCUT2D eigenvalue weighted by Gasteiger charge is -2.17. The van der Waals surface area contributed by atoms with Crippen molar-refractivity contribution in [2.24, 2.45) is 0 Å². The van der Waals surface area contributed by atoms with Crippen LogP contribution in [0.1, 0.15) is 0 Å². The molecular weight excluding hydrogens is 220 g/mol. The monoisotopic (exact) mass is 230 g/mol. The number of alkyl halides is 1. The summed E-state index contributed by atoms with van der Waals surface area (Å²) in [6.07, 6.45) is 0. The van der Waals surface area contributed by atoms with Gasteiger partial charge in [0.15, 0.2) is 11.5 Å². The lowest BCUT2D eigenvalue weighted by Crippen LogP contribution is -2.14. The molecule has 0 spiro atoms. The van der Waals surface area contributed by atoms with Crippen LogP contribution in [0.5, 0.6) is 11.5 Å². The Morgan fingerprint density at radius 3 is 1.83 bits per heavy atom. The minimum atomic E-state index is 0.664. The molecule has 0 saturated heterocycles. The number of fused-ring (bicyclic) bond motifs is 1.